The van der Waals surface area contributed by atoms with Crippen molar-refractivity contribution >= 4 is 60.0 Å². The molecule has 0 fully saturated rings. The zero-order valence-corrected chi connectivity index (χ0v) is 27.4. The van der Waals surface area contributed by atoms with Crippen molar-refractivity contribution in [3.05, 3.63) is 119 Å². The number of fused-ring (bicyclic) bond motifs is 2. The van der Waals surface area contributed by atoms with E-state index in [9.17, 15) is 18.4 Å². The Labute approximate surface area is 280 Å². The van der Waals surface area contributed by atoms with Crippen molar-refractivity contribution in [3.63, 3.8) is 0 Å². The fourth-order valence-electron chi connectivity index (χ4n) is 5.61. The number of hydrogen-bond acceptors (Lipinski definition) is 7. The largest absolute Gasteiger partial charge is 0.465 e. The third-order valence-corrected chi connectivity index (χ3v) is 7.72. The molecule has 0 amide bonds. The van der Waals surface area contributed by atoms with Gasteiger partial charge in [0.15, 0.2) is 0 Å². The van der Waals surface area contributed by atoms with Crippen LogP contribution in [0.3, 0.4) is 0 Å². The fraction of sp³-hybridized carbons (Fsp3) is 0.257. The molecule has 0 spiro atoms. The first-order chi connectivity index (χ1) is 22.2. The number of halogens is 3. The van der Waals surface area contributed by atoms with Gasteiger partial charge in [-0.3, -0.25) is 14.5 Å². The van der Waals surface area contributed by atoms with Crippen molar-refractivity contribution in [1.82, 2.24) is 4.90 Å². The van der Waals surface area contributed by atoms with E-state index in [2.05, 4.69) is 6.07 Å². The van der Waals surface area contributed by atoms with E-state index in [0.717, 1.165) is 44.1 Å². The van der Waals surface area contributed by atoms with Gasteiger partial charge in [0.1, 0.15) is 18.2 Å². The Morgan fingerprint density at radius 2 is 1.38 bits per heavy atom. The van der Waals surface area contributed by atoms with Gasteiger partial charge in [-0.25, -0.2) is 8.78 Å². The number of carbonyl (C=O) groups excluding carboxylic acids is 2. The molecular formula is C35H36B2ClF2NO6. The molecule has 4 aromatic rings. The van der Waals surface area contributed by atoms with Gasteiger partial charge >= 0.3 is 25.8 Å². The lowest BCUT2D eigenvalue weighted by molar-refractivity contribution is -0.144. The minimum Gasteiger partial charge on any atom is -0.465 e. The van der Waals surface area contributed by atoms with Gasteiger partial charge in [0, 0.05) is 13.5 Å². The highest BCUT2D eigenvalue weighted by atomic mass is 35.5. The van der Waals surface area contributed by atoms with Crippen molar-refractivity contribution in [2.24, 2.45) is 0 Å². The predicted octanol–water partition coefficient (Wildman–Crippen LogP) is 3.40. The second-order valence-electron chi connectivity index (χ2n) is 11.3. The SMILES string of the molecule is CC(=O)OCc1ccc(B2OCc3cc(F)ccc32)cc1.CCOC(=O)CN(C)Cc1cccc(B2OCc3cc(F)ccc32)c1.Cl. The maximum absolute atomic E-state index is 13.4. The van der Waals surface area contributed by atoms with Crippen molar-refractivity contribution < 1.29 is 37.2 Å². The minimum absolute atomic E-state index is 0. The Morgan fingerprint density at radius 1 is 0.787 bits per heavy atom. The molecule has 0 saturated heterocycles. The molecule has 7 nitrogen and oxygen atoms in total. The number of hydrogen-bond donors (Lipinski definition) is 0. The van der Waals surface area contributed by atoms with Crippen LogP contribution in [0.25, 0.3) is 0 Å². The molecule has 47 heavy (non-hydrogen) atoms. The van der Waals surface area contributed by atoms with E-state index < -0.39 is 0 Å². The molecule has 0 aliphatic carbocycles. The molecule has 2 aliphatic heterocycles. The summed E-state index contributed by atoms with van der Waals surface area (Å²) < 4.78 is 48.1. The number of likely N-dealkylation sites (N-methyl/N-ethyl adjacent to an activating group) is 1. The first-order valence-electron chi connectivity index (χ1n) is 15.1. The summed E-state index contributed by atoms with van der Waals surface area (Å²) >= 11 is 0. The highest BCUT2D eigenvalue weighted by Crippen LogP contribution is 2.15. The second kappa shape index (κ2) is 16.7. The van der Waals surface area contributed by atoms with Crippen molar-refractivity contribution in [2.75, 3.05) is 20.2 Å². The summed E-state index contributed by atoms with van der Waals surface area (Å²) in [4.78, 5) is 24.3. The third kappa shape index (κ3) is 9.51. The molecule has 244 valence electrons. The highest BCUT2D eigenvalue weighted by molar-refractivity contribution is 6.81. The summed E-state index contributed by atoms with van der Waals surface area (Å²) in [6.07, 6.45) is 0. The average molecular weight is 662 g/mol. The van der Waals surface area contributed by atoms with Gasteiger partial charge in [0.25, 0.3) is 0 Å². The van der Waals surface area contributed by atoms with Crippen LogP contribution in [0, 0.1) is 11.6 Å². The van der Waals surface area contributed by atoms with Gasteiger partial charge in [-0.2, -0.15) is 0 Å². The van der Waals surface area contributed by atoms with Gasteiger partial charge in [-0.15, -0.1) is 12.4 Å². The molecule has 0 aromatic heterocycles. The van der Waals surface area contributed by atoms with E-state index in [1.165, 1.54) is 31.2 Å². The highest BCUT2D eigenvalue weighted by Gasteiger charge is 2.31. The molecule has 0 bridgehead atoms. The van der Waals surface area contributed by atoms with E-state index in [0.29, 0.717) is 26.4 Å². The average Bonchev–Trinajstić information content (AvgIpc) is 3.64. The Kier molecular flexibility index (Phi) is 12.7. The van der Waals surface area contributed by atoms with Crippen LogP contribution in [0.4, 0.5) is 8.78 Å². The van der Waals surface area contributed by atoms with Gasteiger partial charge in [0.2, 0.25) is 0 Å². The monoisotopic (exact) mass is 661 g/mol. The van der Waals surface area contributed by atoms with E-state index >= 15 is 0 Å². The number of esters is 2. The van der Waals surface area contributed by atoms with E-state index in [-0.39, 0.29) is 63.0 Å². The van der Waals surface area contributed by atoms with Crippen molar-refractivity contribution in [3.8, 4) is 0 Å². The Bertz CT molecular complexity index is 1690. The van der Waals surface area contributed by atoms with Gasteiger partial charge in [-0.05, 0) is 82.3 Å². The van der Waals surface area contributed by atoms with Crippen LogP contribution in [0.2, 0.25) is 0 Å². The summed E-state index contributed by atoms with van der Waals surface area (Å²) in [5.41, 5.74) is 7.86. The Hall–Kier alpha value is -4.02. The summed E-state index contributed by atoms with van der Waals surface area (Å²) in [7, 11) is 1.88. The smallest absolute Gasteiger partial charge is 0.362 e. The summed E-state index contributed by atoms with van der Waals surface area (Å²) in [5.74, 6) is -1.00. The van der Waals surface area contributed by atoms with Gasteiger partial charge < -0.3 is 18.8 Å². The number of ether oxygens (including phenoxy) is 2. The van der Waals surface area contributed by atoms with Crippen LogP contribution >= 0.6 is 12.4 Å². The van der Waals surface area contributed by atoms with Crippen LogP contribution in [-0.2, 0) is 54.7 Å². The molecule has 6 rings (SSSR count). The normalized spacial score (nSPS) is 12.9. The van der Waals surface area contributed by atoms with Gasteiger partial charge in [-0.1, -0.05) is 60.7 Å². The van der Waals surface area contributed by atoms with Crippen molar-refractivity contribution in [1.29, 1.82) is 0 Å². The first-order valence-corrected chi connectivity index (χ1v) is 15.1. The molecule has 2 heterocycles. The zero-order valence-electron chi connectivity index (χ0n) is 26.5. The van der Waals surface area contributed by atoms with Crippen LogP contribution in [0.15, 0.2) is 84.9 Å². The van der Waals surface area contributed by atoms with Gasteiger partial charge in [0.05, 0.1) is 26.4 Å². The first kappa shape index (κ1) is 35.8. The van der Waals surface area contributed by atoms with E-state index in [1.807, 2.05) is 54.4 Å². The van der Waals surface area contributed by atoms with E-state index in [1.54, 1.807) is 19.1 Å². The molecule has 0 saturated carbocycles. The molecule has 0 N–H and O–H groups in total. The number of rotatable bonds is 9. The predicted molar refractivity (Wildman–Crippen MR) is 181 cm³/mol. The fourth-order valence-corrected chi connectivity index (χ4v) is 5.61. The molecule has 12 heteroatoms. The quantitative estimate of drug-likeness (QED) is 0.201. The molecule has 0 unspecified atom stereocenters. The molecular weight excluding hydrogens is 625 g/mol. The van der Waals surface area contributed by atoms with Crippen LogP contribution in [-0.4, -0.2) is 50.9 Å². The van der Waals surface area contributed by atoms with E-state index in [4.69, 9.17) is 18.8 Å². The lowest BCUT2D eigenvalue weighted by Gasteiger charge is -2.16. The lowest BCUT2D eigenvalue weighted by Crippen LogP contribution is -2.41. The zero-order chi connectivity index (χ0) is 32.6. The van der Waals surface area contributed by atoms with Crippen LogP contribution in [0.5, 0.6) is 0 Å². The number of carbonyl (C=O) groups is 2. The van der Waals surface area contributed by atoms with Crippen LogP contribution < -0.4 is 21.9 Å². The lowest BCUT2D eigenvalue weighted by atomic mass is 9.55. The number of benzene rings is 4. The summed E-state index contributed by atoms with van der Waals surface area (Å²) in [6, 6.07) is 25.3. The molecule has 0 atom stereocenters. The minimum atomic E-state index is -0.297. The number of nitrogens with zero attached hydrogens (tertiary/aromatic N) is 1. The molecule has 0 radical (unpaired) electrons. The third-order valence-electron chi connectivity index (χ3n) is 7.72. The Balaban J connectivity index is 0.000000211. The van der Waals surface area contributed by atoms with Crippen molar-refractivity contribution in [2.45, 2.75) is 40.2 Å². The topological polar surface area (TPSA) is 74.3 Å². The summed E-state index contributed by atoms with van der Waals surface area (Å²) in [5, 5.41) is 0. The maximum atomic E-state index is 13.4. The standard InChI is InChI=1S/C19H21BFNO3.C16H14BFO3.ClH/c1-3-24-19(23)12-22(2)11-14-5-4-6-16(9-14)20-18-8-7-17(21)10-15(18)13-25-20;1-11(19)20-9-12-2-4-14(5-3-12)17-16-7-6-15(18)8-13(16)10-21-17;/h4-10H,3,11-13H2,1-2H3;2-8H,9-10H2,1H3;1H. The maximum Gasteiger partial charge on any atom is 0.362 e. The summed E-state index contributed by atoms with van der Waals surface area (Å²) in [6.45, 7) is 5.23. The Morgan fingerprint density at radius 3 is 1.96 bits per heavy atom. The second-order valence-corrected chi connectivity index (χ2v) is 11.3. The van der Waals surface area contributed by atoms with Crippen LogP contribution in [0.1, 0.15) is 36.1 Å². The molecule has 4 aromatic carbocycles. The molecule has 2 aliphatic rings.